The van der Waals surface area contributed by atoms with Crippen LogP contribution in [0.25, 0.3) is 10.2 Å². The Bertz CT molecular complexity index is 1060. The average Bonchev–Trinajstić information content (AvgIpc) is 3.38. The van der Waals surface area contributed by atoms with Gasteiger partial charge in [-0.25, -0.2) is 14.5 Å². The molecule has 0 N–H and O–H groups in total. The van der Waals surface area contributed by atoms with Crippen molar-refractivity contribution in [3.8, 4) is 0 Å². The zero-order valence-electron chi connectivity index (χ0n) is 15.1. The fraction of sp³-hybridized carbons (Fsp3) is 0.263. The average molecular weight is 399 g/mol. The largest absolute Gasteiger partial charge is 0.451 e. The first-order valence-electron chi connectivity index (χ1n) is 8.68. The van der Waals surface area contributed by atoms with Crippen molar-refractivity contribution in [1.29, 1.82) is 0 Å². The van der Waals surface area contributed by atoms with Gasteiger partial charge in [0.15, 0.2) is 6.61 Å². The molecule has 1 aliphatic heterocycles. The van der Waals surface area contributed by atoms with Crippen LogP contribution in [0.1, 0.15) is 20.9 Å². The predicted octanol–water partition coefficient (Wildman–Crippen LogP) is 2.59. The number of fused-ring (bicyclic) bond motifs is 1. The molecule has 0 spiro atoms. The Labute approximate surface area is 164 Å². The molecule has 0 atom stereocenters. The van der Waals surface area contributed by atoms with Crippen LogP contribution in [-0.2, 0) is 20.8 Å². The number of thiophene rings is 1. The van der Waals surface area contributed by atoms with E-state index in [4.69, 9.17) is 9.47 Å². The van der Waals surface area contributed by atoms with E-state index in [0.717, 1.165) is 26.4 Å². The van der Waals surface area contributed by atoms with Gasteiger partial charge >= 0.3 is 12.1 Å². The quantitative estimate of drug-likeness (QED) is 0.613. The highest BCUT2D eigenvalue weighted by molar-refractivity contribution is 7.20. The maximum atomic E-state index is 12.4. The minimum absolute atomic E-state index is 0.159. The topological polar surface area (TPSA) is 90.7 Å². The van der Waals surface area contributed by atoms with Crippen molar-refractivity contribution in [2.24, 2.45) is 0 Å². The van der Waals surface area contributed by atoms with E-state index in [1.54, 1.807) is 6.07 Å². The minimum Gasteiger partial charge on any atom is -0.451 e. The smallest absolute Gasteiger partial charge is 0.416 e. The number of amides is 2. The molecule has 3 aromatic rings. The summed E-state index contributed by atoms with van der Waals surface area (Å²) in [5.74, 6) is -1.20. The monoisotopic (exact) mass is 399 g/mol. The molecule has 3 heterocycles. The number of imide groups is 1. The number of hydrogen-bond acceptors (Lipinski definition) is 7. The summed E-state index contributed by atoms with van der Waals surface area (Å²) >= 11 is 1.27. The number of esters is 1. The van der Waals surface area contributed by atoms with E-state index in [-0.39, 0.29) is 13.2 Å². The zero-order chi connectivity index (χ0) is 19.7. The van der Waals surface area contributed by atoms with Gasteiger partial charge in [-0.3, -0.25) is 9.48 Å². The van der Waals surface area contributed by atoms with Crippen LogP contribution in [0, 0.1) is 6.92 Å². The predicted molar refractivity (Wildman–Crippen MR) is 101 cm³/mol. The van der Waals surface area contributed by atoms with Crippen molar-refractivity contribution in [3.63, 3.8) is 0 Å². The molecule has 4 rings (SSSR count). The van der Waals surface area contributed by atoms with Crippen LogP contribution in [0.5, 0.6) is 0 Å². The van der Waals surface area contributed by atoms with Crippen molar-refractivity contribution in [2.75, 3.05) is 19.8 Å². The van der Waals surface area contributed by atoms with E-state index in [9.17, 15) is 14.4 Å². The Balaban J connectivity index is 1.48. The van der Waals surface area contributed by atoms with E-state index in [1.165, 1.54) is 11.3 Å². The highest BCUT2D eigenvalue weighted by atomic mass is 32.1. The second-order valence-electron chi connectivity index (χ2n) is 6.29. The van der Waals surface area contributed by atoms with Crippen LogP contribution >= 0.6 is 11.3 Å². The van der Waals surface area contributed by atoms with Crippen LogP contribution in [0.2, 0.25) is 0 Å². The zero-order valence-corrected chi connectivity index (χ0v) is 15.9. The van der Waals surface area contributed by atoms with Gasteiger partial charge < -0.3 is 9.47 Å². The summed E-state index contributed by atoms with van der Waals surface area (Å²) in [4.78, 5) is 37.9. The van der Waals surface area contributed by atoms with Crippen LogP contribution < -0.4 is 0 Å². The lowest BCUT2D eigenvalue weighted by Gasteiger charge is -2.10. The number of aromatic nitrogens is 2. The van der Waals surface area contributed by atoms with Crippen molar-refractivity contribution in [3.05, 3.63) is 52.5 Å². The molecule has 9 heteroatoms. The summed E-state index contributed by atoms with van der Waals surface area (Å²) in [5, 5.41) is 5.42. The second-order valence-corrected chi connectivity index (χ2v) is 7.32. The molecule has 1 aromatic carbocycles. The Morgan fingerprint density at radius 2 is 2.07 bits per heavy atom. The first-order valence-corrected chi connectivity index (χ1v) is 9.49. The van der Waals surface area contributed by atoms with Gasteiger partial charge in [0.2, 0.25) is 0 Å². The molecule has 0 bridgehead atoms. The fourth-order valence-corrected chi connectivity index (χ4v) is 4.03. The maximum absolute atomic E-state index is 12.4. The number of rotatable bonds is 5. The van der Waals surface area contributed by atoms with Crippen molar-refractivity contribution in [2.45, 2.75) is 13.5 Å². The van der Waals surface area contributed by atoms with Gasteiger partial charge in [0.25, 0.3) is 5.91 Å². The van der Waals surface area contributed by atoms with Crippen molar-refractivity contribution < 1.29 is 23.9 Å². The van der Waals surface area contributed by atoms with Crippen LogP contribution in [0.3, 0.4) is 0 Å². The fourth-order valence-electron chi connectivity index (χ4n) is 2.97. The van der Waals surface area contributed by atoms with Gasteiger partial charge in [-0.15, -0.1) is 11.3 Å². The lowest BCUT2D eigenvalue weighted by atomic mass is 10.2. The molecular weight excluding hydrogens is 382 g/mol. The third-order valence-corrected chi connectivity index (χ3v) is 5.50. The lowest BCUT2D eigenvalue weighted by molar-refractivity contribution is -0.131. The summed E-state index contributed by atoms with van der Waals surface area (Å²) in [6.07, 6.45) is -0.709. The Morgan fingerprint density at radius 3 is 2.79 bits per heavy atom. The number of nitrogens with zero attached hydrogens (tertiary/aromatic N) is 3. The first-order chi connectivity index (χ1) is 13.5. The molecule has 2 amide bonds. The molecule has 0 unspecified atom stereocenters. The van der Waals surface area contributed by atoms with E-state index in [0.29, 0.717) is 11.4 Å². The van der Waals surface area contributed by atoms with E-state index in [1.807, 2.05) is 41.9 Å². The summed E-state index contributed by atoms with van der Waals surface area (Å²) < 4.78 is 11.6. The number of hydrogen-bond donors (Lipinski definition) is 0. The molecule has 0 aliphatic carbocycles. The molecule has 8 nitrogen and oxygen atoms in total. The summed E-state index contributed by atoms with van der Waals surface area (Å²) in [5.41, 5.74) is 1.92. The van der Waals surface area contributed by atoms with Crippen molar-refractivity contribution >= 4 is 39.5 Å². The van der Waals surface area contributed by atoms with Gasteiger partial charge in [0, 0.05) is 5.39 Å². The Hall–Kier alpha value is -3.20. The van der Waals surface area contributed by atoms with Crippen LogP contribution in [-0.4, -0.2) is 52.4 Å². The Kier molecular flexibility index (Phi) is 4.82. The highest BCUT2D eigenvalue weighted by Crippen LogP contribution is 2.29. The minimum atomic E-state index is -0.709. The number of carbonyl (C=O) groups is 3. The molecule has 28 heavy (non-hydrogen) atoms. The van der Waals surface area contributed by atoms with Gasteiger partial charge in [-0.05, 0) is 18.6 Å². The number of carbonyl (C=O) groups excluding carboxylic acids is 3. The lowest BCUT2D eigenvalue weighted by Crippen LogP contribution is -2.35. The van der Waals surface area contributed by atoms with Crippen LogP contribution in [0.4, 0.5) is 4.79 Å². The Morgan fingerprint density at radius 1 is 1.29 bits per heavy atom. The standard InChI is InChI=1S/C19H17N3O5S/c1-12-14-9-15(18(24)27-11-16(23)21-7-8-26-19(21)25)28-17(14)22(20-12)10-13-5-3-2-4-6-13/h2-6,9H,7-8,10-11H2,1H3. The molecule has 1 fully saturated rings. The van der Waals surface area contributed by atoms with E-state index in [2.05, 4.69) is 5.10 Å². The van der Waals surface area contributed by atoms with Gasteiger partial charge in [0.1, 0.15) is 16.3 Å². The number of ether oxygens (including phenoxy) is 2. The van der Waals surface area contributed by atoms with E-state index >= 15 is 0 Å². The van der Waals surface area contributed by atoms with Gasteiger partial charge in [-0.2, -0.15) is 5.10 Å². The SMILES string of the molecule is Cc1nn(Cc2ccccc2)c2sc(C(=O)OCC(=O)N3CCOC3=O)cc12. The third-order valence-electron chi connectivity index (χ3n) is 4.37. The summed E-state index contributed by atoms with van der Waals surface area (Å²) in [6, 6.07) is 11.6. The summed E-state index contributed by atoms with van der Waals surface area (Å²) in [7, 11) is 0. The first kappa shape index (κ1) is 18.2. The second kappa shape index (κ2) is 7.43. The number of aryl methyl sites for hydroxylation is 1. The highest BCUT2D eigenvalue weighted by Gasteiger charge is 2.29. The van der Waals surface area contributed by atoms with Gasteiger partial charge in [-0.1, -0.05) is 30.3 Å². The molecule has 1 saturated heterocycles. The van der Waals surface area contributed by atoms with E-state index < -0.39 is 24.6 Å². The summed E-state index contributed by atoms with van der Waals surface area (Å²) in [6.45, 7) is 2.31. The molecule has 2 aromatic heterocycles. The molecule has 1 aliphatic rings. The number of benzene rings is 1. The molecule has 144 valence electrons. The van der Waals surface area contributed by atoms with Crippen LogP contribution in [0.15, 0.2) is 36.4 Å². The maximum Gasteiger partial charge on any atom is 0.416 e. The van der Waals surface area contributed by atoms with Gasteiger partial charge in [0.05, 0.1) is 18.8 Å². The third kappa shape index (κ3) is 3.48. The molecule has 0 saturated carbocycles. The molecule has 0 radical (unpaired) electrons. The number of cyclic esters (lactones) is 1. The van der Waals surface area contributed by atoms with Crippen molar-refractivity contribution in [1.82, 2.24) is 14.7 Å². The molecular formula is C19H17N3O5S. The normalized spacial score (nSPS) is 13.8.